The Hall–Kier alpha value is -1.51. The number of hydrogen-bond donors (Lipinski definition) is 0. The van der Waals surface area contributed by atoms with Crippen LogP contribution in [0.1, 0.15) is 12.5 Å². The zero-order chi connectivity index (χ0) is 10.2. The molecule has 1 aromatic carbocycles. The average Bonchev–Trinajstić information content (AvgIpc) is 2.58. The summed E-state index contributed by atoms with van der Waals surface area (Å²) in [4.78, 5) is 11.6. The lowest BCUT2D eigenvalue weighted by atomic mass is 9.85. The molecule has 0 saturated carbocycles. The largest absolute Gasteiger partial charge is 0.492 e. The lowest BCUT2D eigenvalue weighted by Crippen LogP contribution is -2.35. The number of rotatable bonds is 1. The number of methoxy groups -OCH3 is 1. The Morgan fingerprint density at radius 1 is 1.50 bits per heavy atom. The Bertz CT molecular complexity index is 373. The number of para-hydroxylation sites is 1. The minimum Gasteiger partial charge on any atom is -0.492 e. The van der Waals surface area contributed by atoms with E-state index in [9.17, 15) is 4.79 Å². The van der Waals surface area contributed by atoms with Crippen molar-refractivity contribution < 1.29 is 14.3 Å². The van der Waals surface area contributed by atoms with E-state index in [2.05, 4.69) is 0 Å². The highest BCUT2D eigenvalue weighted by Gasteiger charge is 2.43. The first-order valence-electron chi connectivity index (χ1n) is 4.49. The van der Waals surface area contributed by atoms with Crippen LogP contribution in [-0.4, -0.2) is 19.7 Å². The molecule has 0 aliphatic carbocycles. The number of fused-ring (bicyclic) bond motifs is 1. The van der Waals surface area contributed by atoms with Crippen LogP contribution < -0.4 is 4.74 Å². The van der Waals surface area contributed by atoms with E-state index in [1.807, 2.05) is 31.2 Å². The van der Waals surface area contributed by atoms with Crippen molar-refractivity contribution in [2.45, 2.75) is 12.3 Å². The van der Waals surface area contributed by atoms with E-state index >= 15 is 0 Å². The first-order valence-corrected chi connectivity index (χ1v) is 4.49. The number of benzene rings is 1. The van der Waals surface area contributed by atoms with Crippen molar-refractivity contribution >= 4 is 5.97 Å². The van der Waals surface area contributed by atoms with Gasteiger partial charge in [0.2, 0.25) is 0 Å². The first-order chi connectivity index (χ1) is 6.68. The van der Waals surface area contributed by atoms with Gasteiger partial charge in [0.15, 0.2) is 0 Å². The summed E-state index contributed by atoms with van der Waals surface area (Å²) in [5, 5.41) is 0. The minimum atomic E-state index is -0.647. The lowest BCUT2D eigenvalue weighted by molar-refractivity contribution is -0.147. The summed E-state index contributed by atoms with van der Waals surface area (Å²) in [6, 6.07) is 7.55. The Morgan fingerprint density at radius 3 is 2.93 bits per heavy atom. The molecule has 1 heterocycles. The number of esters is 1. The molecule has 74 valence electrons. The molecule has 0 spiro atoms. The molecule has 1 unspecified atom stereocenters. The zero-order valence-electron chi connectivity index (χ0n) is 8.24. The van der Waals surface area contributed by atoms with Crippen molar-refractivity contribution in [2.24, 2.45) is 0 Å². The fourth-order valence-electron chi connectivity index (χ4n) is 1.74. The lowest BCUT2D eigenvalue weighted by Gasteiger charge is -2.18. The molecule has 0 aromatic heterocycles. The molecule has 2 rings (SSSR count). The molecule has 0 radical (unpaired) electrons. The third-order valence-electron chi connectivity index (χ3n) is 2.63. The molecular weight excluding hydrogens is 180 g/mol. The topological polar surface area (TPSA) is 35.5 Å². The molecule has 1 aliphatic heterocycles. The van der Waals surface area contributed by atoms with Crippen LogP contribution >= 0.6 is 0 Å². The summed E-state index contributed by atoms with van der Waals surface area (Å²) in [7, 11) is 1.40. The quantitative estimate of drug-likeness (QED) is 0.633. The van der Waals surface area contributed by atoms with Crippen LogP contribution in [0.15, 0.2) is 24.3 Å². The van der Waals surface area contributed by atoms with Gasteiger partial charge in [-0.1, -0.05) is 18.2 Å². The molecule has 0 amide bonds. The van der Waals surface area contributed by atoms with Gasteiger partial charge >= 0.3 is 5.97 Å². The molecule has 1 aromatic rings. The summed E-state index contributed by atoms with van der Waals surface area (Å²) >= 11 is 0. The van der Waals surface area contributed by atoms with Crippen molar-refractivity contribution in [2.75, 3.05) is 13.7 Å². The zero-order valence-corrected chi connectivity index (χ0v) is 8.24. The number of hydrogen-bond acceptors (Lipinski definition) is 3. The van der Waals surface area contributed by atoms with Gasteiger partial charge in [-0.3, -0.25) is 4.79 Å². The predicted molar refractivity (Wildman–Crippen MR) is 51.3 cm³/mol. The van der Waals surface area contributed by atoms with Gasteiger partial charge in [-0.05, 0) is 13.0 Å². The van der Waals surface area contributed by atoms with Crippen LogP contribution in [0.25, 0.3) is 0 Å². The van der Waals surface area contributed by atoms with Gasteiger partial charge in [-0.2, -0.15) is 0 Å². The van der Waals surface area contributed by atoms with Crippen LogP contribution in [-0.2, 0) is 14.9 Å². The second kappa shape index (κ2) is 3.01. The van der Waals surface area contributed by atoms with Crippen molar-refractivity contribution in [3.05, 3.63) is 29.8 Å². The van der Waals surface area contributed by atoms with Gasteiger partial charge in [0.25, 0.3) is 0 Å². The molecule has 1 aliphatic rings. The van der Waals surface area contributed by atoms with Crippen molar-refractivity contribution in [3.8, 4) is 5.75 Å². The van der Waals surface area contributed by atoms with E-state index < -0.39 is 5.41 Å². The van der Waals surface area contributed by atoms with Gasteiger partial charge in [-0.25, -0.2) is 0 Å². The number of carbonyl (C=O) groups excluding carboxylic acids is 1. The Balaban J connectivity index is 2.47. The van der Waals surface area contributed by atoms with E-state index in [1.165, 1.54) is 7.11 Å². The van der Waals surface area contributed by atoms with Gasteiger partial charge in [-0.15, -0.1) is 0 Å². The third-order valence-corrected chi connectivity index (χ3v) is 2.63. The van der Waals surface area contributed by atoms with Crippen molar-refractivity contribution in [1.29, 1.82) is 0 Å². The van der Waals surface area contributed by atoms with Crippen LogP contribution in [0.2, 0.25) is 0 Å². The maximum Gasteiger partial charge on any atom is 0.319 e. The highest BCUT2D eigenvalue weighted by Crippen LogP contribution is 2.38. The molecule has 14 heavy (non-hydrogen) atoms. The van der Waals surface area contributed by atoms with E-state index in [1.54, 1.807) is 0 Å². The summed E-state index contributed by atoms with van der Waals surface area (Å²) in [6.07, 6.45) is 0. The molecular formula is C11H12O3. The summed E-state index contributed by atoms with van der Waals surface area (Å²) in [5.74, 6) is 0.530. The molecule has 0 bridgehead atoms. The Kier molecular flexibility index (Phi) is 1.95. The van der Waals surface area contributed by atoms with Crippen LogP contribution in [0.5, 0.6) is 5.75 Å². The number of ether oxygens (including phenoxy) is 2. The maximum absolute atomic E-state index is 11.6. The van der Waals surface area contributed by atoms with E-state index in [0.717, 1.165) is 11.3 Å². The average molecular weight is 192 g/mol. The van der Waals surface area contributed by atoms with Crippen LogP contribution in [0.3, 0.4) is 0 Å². The first kappa shape index (κ1) is 9.06. The highest BCUT2D eigenvalue weighted by atomic mass is 16.5. The second-order valence-electron chi connectivity index (χ2n) is 3.61. The Labute approximate surface area is 82.6 Å². The third kappa shape index (κ3) is 1.09. The summed E-state index contributed by atoms with van der Waals surface area (Å²) in [5.41, 5.74) is 0.262. The molecule has 0 saturated heterocycles. The summed E-state index contributed by atoms with van der Waals surface area (Å²) < 4.78 is 10.2. The molecule has 3 nitrogen and oxygen atoms in total. The smallest absolute Gasteiger partial charge is 0.319 e. The second-order valence-corrected chi connectivity index (χ2v) is 3.61. The van der Waals surface area contributed by atoms with Crippen molar-refractivity contribution in [3.63, 3.8) is 0 Å². The fourth-order valence-corrected chi connectivity index (χ4v) is 1.74. The number of carbonyl (C=O) groups is 1. The van der Waals surface area contributed by atoms with Gasteiger partial charge in [0, 0.05) is 5.56 Å². The highest BCUT2D eigenvalue weighted by molar-refractivity contribution is 5.84. The SMILES string of the molecule is COC(=O)C1(C)COc2ccccc21. The Morgan fingerprint density at radius 2 is 2.21 bits per heavy atom. The van der Waals surface area contributed by atoms with E-state index in [0.29, 0.717) is 6.61 Å². The minimum absolute atomic E-state index is 0.248. The van der Waals surface area contributed by atoms with Gasteiger partial charge in [0.1, 0.15) is 17.8 Å². The predicted octanol–water partition coefficient (Wildman–Crippen LogP) is 1.51. The van der Waals surface area contributed by atoms with E-state index in [4.69, 9.17) is 9.47 Å². The van der Waals surface area contributed by atoms with Gasteiger partial charge in [0.05, 0.1) is 7.11 Å². The normalized spacial score (nSPS) is 23.9. The standard InChI is InChI=1S/C11H12O3/c1-11(10(12)13-2)7-14-9-6-4-3-5-8(9)11/h3-6H,7H2,1-2H3. The maximum atomic E-state index is 11.6. The van der Waals surface area contributed by atoms with Gasteiger partial charge < -0.3 is 9.47 Å². The van der Waals surface area contributed by atoms with Crippen LogP contribution in [0, 0.1) is 0 Å². The fraction of sp³-hybridized carbons (Fsp3) is 0.364. The summed E-state index contributed by atoms with van der Waals surface area (Å²) in [6.45, 7) is 2.20. The monoisotopic (exact) mass is 192 g/mol. The molecule has 0 fully saturated rings. The van der Waals surface area contributed by atoms with E-state index in [-0.39, 0.29) is 5.97 Å². The molecule has 3 heteroatoms. The van der Waals surface area contributed by atoms with Crippen LogP contribution in [0.4, 0.5) is 0 Å². The van der Waals surface area contributed by atoms with Crippen molar-refractivity contribution in [1.82, 2.24) is 0 Å². The molecule has 0 N–H and O–H groups in total. The molecule has 1 atom stereocenters.